The van der Waals surface area contributed by atoms with Gasteiger partial charge >= 0.3 is 0 Å². The van der Waals surface area contributed by atoms with Crippen molar-refractivity contribution >= 4 is 38.6 Å². The number of carbonyl (C=O) groups is 1. The van der Waals surface area contributed by atoms with Crippen molar-refractivity contribution in [3.05, 3.63) is 70.7 Å². The van der Waals surface area contributed by atoms with E-state index in [-0.39, 0.29) is 5.91 Å². The van der Waals surface area contributed by atoms with E-state index in [1.165, 1.54) is 0 Å². The number of rotatable bonds is 2. The summed E-state index contributed by atoms with van der Waals surface area (Å²) in [4.78, 5) is 16.5. The van der Waals surface area contributed by atoms with Gasteiger partial charge < -0.3 is 5.32 Å². The fourth-order valence-corrected chi connectivity index (χ4v) is 2.32. The summed E-state index contributed by atoms with van der Waals surface area (Å²) in [5.74, 6) is 0.392. The highest BCUT2D eigenvalue weighted by Crippen LogP contribution is 2.20. The van der Waals surface area contributed by atoms with Gasteiger partial charge in [-0.3, -0.25) is 4.79 Å². The molecule has 1 amide bonds. The van der Waals surface area contributed by atoms with Crippen molar-refractivity contribution in [3.8, 4) is 0 Å². The van der Waals surface area contributed by atoms with Crippen LogP contribution in [0.2, 0.25) is 0 Å². The molecule has 3 aromatic rings. The number of amides is 1. The second kappa shape index (κ2) is 5.43. The molecule has 0 saturated carbocycles. The highest BCUT2D eigenvalue weighted by molar-refractivity contribution is 9.10. The zero-order valence-electron chi connectivity index (χ0n) is 10.5. The van der Waals surface area contributed by atoms with E-state index in [1.807, 2.05) is 42.5 Å². The molecule has 3 nitrogen and oxygen atoms in total. The number of anilines is 1. The van der Waals surface area contributed by atoms with E-state index in [1.54, 1.807) is 18.2 Å². The second-order valence-corrected chi connectivity index (χ2v) is 5.27. The van der Waals surface area contributed by atoms with E-state index in [4.69, 9.17) is 0 Å². The van der Waals surface area contributed by atoms with Crippen molar-refractivity contribution < 1.29 is 4.79 Å². The van der Waals surface area contributed by atoms with Crippen LogP contribution in [0.15, 0.2) is 65.1 Å². The third-order valence-electron chi connectivity index (χ3n) is 2.93. The zero-order chi connectivity index (χ0) is 13.9. The Kier molecular flexibility index (Phi) is 3.48. The van der Waals surface area contributed by atoms with Crippen LogP contribution in [0.3, 0.4) is 0 Å². The van der Waals surface area contributed by atoms with Crippen LogP contribution in [-0.4, -0.2) is 10.9 Å². The van der Waals surface area contributed by atoms with Gasteiger partial charge in [-0.2, -0.15) is 0 Å². The molecule has 0 spiro atoms. The standard InChI is InChI=1S/C16H11BrN2O/c17-13-7-8-14-12(10-13)6-9-15(18-14)19-16(20)11-4-2-1-3-5-11/h1-10H,(H,18,19,20). The normalized spacial score (nSPS) is 10.4. The van der Waals surface area contributed by atoms with Crippen LogP contribution in [0.5, 0.6) is 0 Å². The zero-order valence-corrected chi connectivity index (χ0v) is 12.1. The van der Waals surface area contributed by atoms with Crippen molar-refractivity contribution in [1.29, 1.82) is 0 Å². The first kappa shape index (κ1) is 12.8. The number of hydrogen-bond donors (Lipinski definition) is 1. The predicted molar refractivity (Wildman–Crippen MR) is 83.8 cm³/mol. The molecule has 4 heteroatoms. The van der Waals surface area contributed by atoms with Crippen LogP contribution in [-0.2, 0) is 0 Å². The number of aromatic nitrogens is 1. The molecule has 0 unspecified atom stereocenters. The number of fused-ring (bicyclic) bond motifs is 1. The molecule has 0 saturated heterocycles. The lowest BCUT2D eigenvalue weighted by Gasteiger charge is -2.06. The number of pyridine rings is 1. The molecule has 20 heavy (non-hydrogen) atoms. The summed E-state index contributed by atoms with van der Waals surface area (Å²) in [5.41, 5.74) is 1.46. The molecule has 0 aliphatic heterocycles. The third kappa shape index (κ3) is 2.70. The average Bonchev–Trinajstić information content (AvgIpc) is 2.48. The molecule has 0 radical (unpaired) electrons. The molecule has 1 heterocycles. The fourth-order valence-electron chi connectivity index (χ4n) is 1.94. The lowest BCUT2D eigenvalue weighted by Crippen LogP contribution is -2.12. The summed E-state index contributed by atoms with van der Waals surface area (Å²) < 4.78 is 1.01. The molecule has 98 valence electrons. The predicted octanol–water partition coefficient (Wildman–Crippen LogP) is 4.25. The largest absolute Gasteiger partial charge is 0.307 e. The first-order chi connectivity index (χ1) is 9.72. The molecule has 1 aromatic heterocycles. The maximum atomic E-state index is 12.0. The summed E-state index contributed by atoms with van der Waals surface area (Å²) >= 11 is 3.42. The molecule has 0 aliphatic carbocycles. The topological polar surface area (TPSA) is 42.0 Å². The summed E-state index contributed by atoms with van der Waals surface area (Å²) in [6, 6.07) is 18.7. The second-order valence-electron chi connectivity index (χ2n) is 4.35. The van der Waals surface area contributed by atoms with E-state index in [9.17, 15) is 4.79 Å². The highest BCUT2D eigenvalue weighted by Gasteiger charge is 2.06. The van der Waals surface area contributed by atoms with Crippen LogP contribution in [0.4, 0.5) is 5.82 Å². The first-order valence-electron chi connectivity index (χ1n) is 6.15. The average molecular weight is 327 g/mol. The highest BCUT2D eigenvalue weighted by atomic mass is 79.9. The third-order valence-corrected chi connectivity index (χ3v) is 3.42. The van der Waals surface area contributed by atoms with Crippen LogP contribution >= 0.6 is 15.9 Å². The number of nitrogens with zero attached hydrogens (tertiary/aromatic N) is 1. The van der Waals surface area contributed by atoms with Gasteiger partial charge in [-0.1, -0.05) is 34.1 Å². The summed E-state index contributed by atoms with van der Waals surface area (Å²) in [6.45, 7) is 0. The minimum Gasteiger partial charge on any atom is -0.307 e. The molecule has 0 aliphatic rings. The Labute approximate surface area is 124 Å². The Morgan fingerprint density at radius 2 is 1.80 bits per heavy atom. The molecule has 0 bridgehead atoms. The molecular formula is C16H11BrN2O. The van der Waals surface area contributed by atoms with E-state index >= 15 is 0 Å². The lowest BCUT2D eigenvalue weighted by atomic mass is 10.2. The quantitative estimate of drug-likeness (QED) is 0.764. The van der Waals surface area contributed by atoms with Gasteiger partial charge in [0.25, 0.3) is 5.91 Å². The number of halogens is 1. The van der Waals surface area contributed by atoms with Gasteiger partial charge in [0, 0.05) is 15.4 Å². The van der Waals surface area contributed by atoms with Crippen LogP contribution in [0, 0.1) is 0 Å². The van der Waals surface area contributed by atoms with Crippen molar-refractivity contribution in [1.82, 2.24) is 4.98 Å². The van der Waals surface area contributed by atoms with Crippen LogP contribution in [0.1, 0.15) is 10.4 Å². The van der Waals surface area contributed by atoms with Crippen molar-refractivity contribution in [2.45, 2.75) is 0 Å². The Balaban J connectivity index is 1.88. The maximum absolute atomic E-state index is 12.0. The Bertz CT molecular complexity index is 772. The van der Waals surface area contributed by atoms with E-state index < -0.39 is 0 Å². The van der Waals surface area contributed by atoms with Gasteiger partial charge in [0.2, 0.25) is 0 Å². The van der Waals surface area contributed by atoms with Gasteiger partial charge in [-0.05, 0) is 42.5 Å². The fraction of sp³-hybridized carbons (Fsp3) is 0. The van der Waals surface area contributed by atoms with Crippen LogP contribution in [0.25, 0.3) is 10.9 Å². The van der Waals surface area contributed by atoms with Gasteiger partial charge in [-0.15, -0.1) is 0 Å². The number of benzene rings is 2. The lowest BCUT2D eigenvalue weighted by molar-refractivity contribution is 0.102. The van der Waals surface area contributed by atoms with Crippen molar-refractivity contribution in [3.63, 3.8) is 0 Å². The Morgan fingerprint density at radius 3 is 2.60 bits per heavy atom. The van der Waals surface area contributed by atoms with Crippen molar-refractivity contribution in [2.75, 3.05) is 5.32 Å². The molecule has 0 fully saturated rings. The SMILES string of the molecule is O=C(Nc1ccc2cc(Br)ccc2n1)c1ccccc1. The number of nitrogens with one attached hydrogen (secondary N) is 1. The summed E-state index contributed by atoms with van der Waals surface area (Å²) in [7, 11) is 0. The van der Waals surface area contributed by atoms with Gasteiger partial charge in [0.1, 0.15) is 5.82 Å². The van der Waals surface area contributed by atoms with Crippen LogP contribution < -0.4 is 5.32 Å². The molecule has 1 N–H and O–H groups in total. The monoisotopic (exact) mass is 326 g/mol. The van der Waals surface area contributed by atoms with E-state index in [0.29, 0.717) is 11.4 Å². The van der Waals surface area contributed by atoms with Crippen molar-refractivity contribution in [2.24, 2.45) is 0 Å². The first-order valence-corrected chi connectivity index (χ1v) is 6.94. The van der Waals surface area contributed by atoms with E-state index in [0.717, 1.165) is 15.4 Å². The minimum atomic E-state index is -0.158. The molecule has 3 rings (SSSR count). The number of carbonyl (C=O) groups excluding carboxylic acids is 1. The van der Waals surface area contributed by atoms with Gasteiger partial charge in [0.15, 0.2) is 0 Å². The Morgan fingerprint density at radius 1 is 1.00 bits per heavy atom. The van der Waals surface area contributed by atoms with Gasteiger partial charge in [-0.25, -0.2) is 4.98 Å². The smallest absolute Gasteiger partial charge is 0.256 e. The minimum absolute atomic E-state index is 0.158. The molecule has 2 aromatic carbocycles. The summed E-state index contributed by atoms with van der Waals surface area (Å²) in [6.07, 6.45) is 0. The van der Waals surface area contributed by atoms with E-state index in [2.05, 4.69) is 26.2 Å². The maximum Gasteiger partial charge on any atom is 0.256 e. The Hall–Kier alpha value is -2.20. The summed E-state index contributed by atoms with van der Waals surface area (Å²) in [5, 5.41) is 3.83. The van der Waals surface area contributed by atoms with Gasteiger partial charge in [0.05, 0.1) is 5.52 Å². The molecular weight excluding hydrogens is 316 g/mol. The molecule has 0 atom stereocenters. The number of hydrogen-bond acceptors (Lipinski definition) is 2.